The van der Waals surface area contributed by atoms with Crippen LogP contribution in [0.2, 0.25) is 0 Å². The zero-order valence-electron chi connectivity index (χ0n) is 14.2. The Bertz CT molecular complexity index is 748. The van der Waals surface area contributed by atoms with Crippen LogP contribution in [0.4, 0.5) is 5.69 Å². The Balaban J connectivity index is 1.57. The highest BCUT2D eigenvalue weighted by atomic mass is 32.1. The lowest BCUT2D eigenvalue weighted by atomic mass is 10.1. The highest BCUT2D eigenvalue weighted by Crippen LogP contribution is 2.31. The molecule has 0 bridgehead atoms. The van der Waals surface area contributed by atoms with Crippen LogP contribution in [0.25, 0.3) is 0 Å². The summed E-state index contributed by atoms with van der Waals surface area (Å²) in [5, 5.41) is 3.95. The molecular formula is C19H22N2O2S. The molecule has 1 aliphatic heterocycles. The van der Waals surface area contributed by atoms with Crippen LogP contribution in [0.3, 0.4) is 0 Å². The zero-order valence-corrected chi connectivity index (χ0v) is 15.0. The minimum absolute atomic E-state index is 0.0515. The smallest absolute Gasteiger partial charge is 0.173 e. The molecule has 1 atom stereocenters. The van der Waals surface area contributed by atoms with Crippen LogP contribution in [-0.2, 0) is 0 Å². The minimum atomic E-state index is -0.0515. The van der Waals surface area contributed by atoms with Gasteiger partial charge in [0.1, 0.15) is 6.61 Å². The Kier molecular flexibility index (Phi) is 4.90. The summed E-state index contributed by atoms with van der Waals surface area (Å²) < 4.78 is 11.7. The van der Waals surface area contributed by atoms with Gasteiger partial charge in [-0.05, 0) is 61.5 Å². The molecule has 1 aliphatic rings. The second kappa shape index (κ2) is 7.09. The summed E-state index contributed by atoms with van der Waals surface area (Å²) in [6, 6.07) is 14.0. The van der Waals surface area contributed by atoms with E-state index in [1.54, 1.807) is 0 Å². The molecule has 126 valence electrons. The number of nitrogens with one attached hydrogen (secondary N) is 1. The quantitative estimate of drug-likeness (QED) is 0.859. The maximum absolute atomic E-state index is 5.98. The van der Waals surface area contributed by atoms with Gasteiger partial charge in [0.05, 0.1) is 6.54 Å². The van der Waals surface area contributed by atoms with Crippen molar-refractivity contribution in [3.05, 3.63) is 53.6 Å². The molecule has 0 aliphatic carbocycles. The number of fused-ring (bicyclic) bond motifs is 1. The fourth-order valence-electron chi connectivity index (χ4n) is 2.58. The average Bonchev–Trinajstić information content (AvgIpc) is 2.58. The van der Waals surface area contributed by atoms with Crippen molar-refractivity contribution in [1.29, 1.82) is 0 Å². The topological polar surface area (TPSA) is 33.7 Å². The van der Waals surface area contributed by atoms with Gasteiger partial charge in [0.15, 0.2) is 22.7 Å². The summed E-state index contributed by atoms with van der Waals surface area (Å²) >= 11 is 5.50. The Hall–Kier alpha value is -2.27. The summed E-state index contributed by atoms with van der Waals surface area (Å²) in [7, 11) is 1.96. The number of benzene rings is 2. The van der Waals surface area contributed by atoms with Gasteiger partial charge >= 0.3 is 0 Å². The van der Waals surface area contributed by atoms with Crippen LogP contribution in [0, 0.1) is 13.8 Å². The van der Waals surface area contributed by atoms with E-state index in [4.69, 9.17) is 21.7 Å². The molecule has 0 fully saturated rings. The fraction of sp³-hybridized carbons (Fsp3) is 0.316. The molecule has 1 N–H and O–H groups in total. The number of thiocarbonyl (C=S) groups is 1. The van der Waals surface area contributed by atoms with Crippen LogP contribution >= 0.6 is 12.2 Å². The molecule has 3 rings (SSSR count). The van der Waals surface area contributed by atoms with Crippen LogP contribution < -0.4 is 14.8 Å². The number of ether oxygens (including phenoxy) is 2. The molecule has 0 radical (unpaired) electrons. The van der Waals surface area contributed by atoms with Crippen molar-refractivity contribution in [2.24, 2.45) is 0 Å². The Morgan fingerprint density at radius 3 is 2.67 bits per heavy atom. The molecule has 0 aromatic heterocycles. The summed E-state index contributed by atoms with van der Waals surface area (Å²) in [4.78, 5) is 1.98. The molecule has 2 aromatic rings. The fourth-order valence-corrected chi connectivity index (χ4v) is 2.77. The van der Waals surface area contributed by atoms with Crippen LogP contribution in [-0.4, -0.2) is 36.3 Å². The normalized spacial score (nSPS) is 15.7. The number of anilines is 1. The monoisotopic (exact) mass is 342 g/mol. The molecule has 0 amide bonds. The summed E-state index contributed by atoms with van der Waals surface area (Å²) in [5.41, 5.74) is 3.51. The lowest BCUT2D eigenvalue weighted by Gasteiger charge is -2.30. The van der Waals surface area contributed by atoms with Crippen LogP contribution in [0.5, 0.6) is 11.5 Å². The molecule has 2 aromatic carbocycles. The Morgan fingerprint density at radius 1 is 1.17 bits per heavy atom. The summed E-state index contributed by atoms with van der Waals surface area (Å²) in [6.45, 7) is 5.37. The lowest BCUT2D eigenvalue weighted by Crippen LogP contribution is -2.43. The number of para-hydroxylation sites is 2. The standard InChI is InChI=1S/C19H22N2O2S/c1-13-8-9-15(10-14(13)2)20-19(24)21(3)11-16-12-22-17-6-4-5-7-18(17)23-16/h4-10,16H,11-12H2,1-3H3,(H,20,24)/t16-/m1/s1. The number of rotatable bonds is 3. The van der Waals surface area contributed by atoms with E-state index in [0.717, 1.165) is 17.2 Å². The third kappa shape index (κ3) is 3.79. The van der Waals surface area contributed by atoms with Crippen LogP contribution in [0.1, 0.15) is 11.1 Å². The molecular weight excluding hydrogens is 320 g/mol. The van der Waals surface area contributed by atoms with Gasteiger partial charge in [-0.25, -0.2) is 0 Å². The number of hydrogen-bond acceptors (Lipinski definition) is 3. The molecule has 0 saturated heterocycles. The maximum Gasteiger partial charge on any atom is 0.173 e. The van der Waals surface area contributed by atoms with Crippen molar-refractivity contribution in [1.82, 2.24) is 4.90 Å². The molecule has 0 unspecified atom stereocenters. The lowest BCUT2D eigenvalue weighted by molar-refractivity contribution is 0.0784. The first-order chi connectivity index (χ1) is 11.5. The molecule has 4 nitrogen and oxygen atoms in total. The maximum atomic E-state index is 5.98. The van der Waals surface area contributed by atoms with Gasteiger partial charge in [0.2, 0.25) is 0 Å². The molecule has 5 heteroatoms. The van der Waals surface area contributed by atoms with E-state index in [-0.39, 0.29) is 6.10 Å². The predicted octanol–water partition coefficient (Wildman–Crippen LogP) is 3.77. The third-order valence-electron chi connectivity index (χ3n) is 4.15. The van der Waals surface area contributed by atoms with Gasteiger partial charge in [0.25, 0.3) is 0 Å². The predicted molar refractivity (Wildman–Crippen MR) is 101 cm³/mol. The summed E-state index contributed by atoms with van der Waals surface area (Å²) in [6.07, 6.45) is -0.0515. The third-order valence-corrected chi connectivity index (χ3v) is 4.56. The highest BCUT2D eigenvalue weighted by molar-refractivity contribution is 7.80. The van der Waals surface area contributed by atoms with E-state index < -0.39 is 0 Å². The van der Waals surface area contributed by atoms with E-state index in [9.17, 15) is 0 Å². The first-order valence-corrected chi connectivity index (χ1v) is 8.41. The van der Waals surface area contributed by atoms with E-state index in [1.165, 1.54) is 11.1 Å². The average molecular weight is 342 g/mol. The van der Waals surface area contributed by atoms with Crippen molar-refractivity contribution in [3.63, 3.8) is 0 Å². The van der Waals surface area contributed by atoms with Gasteiger partial charge in [0, 0.05) is 12.7 Å². The van der Waals surface area contributed by atoms with E-state index in [1.807, 2.05) is 42.3 Å². The van der Waals surface area contributed by atoms with E-state index >= 15 is 0 Å². The van der Waals surface area contributed by atoms with E-state index in [0.29, 0.717) is 18.3 Å². The zero-order chi connectivity index (χ0) is 17.1. The van der Waals surface area contributed by atoms with Gasteiger partial charge in [-0.1, -0.05) is 18.2 Å². The number of aryl methyl sites for hydroxylation is 2. The second-order valence-electron chi connectivity index (χ2n) is 6.11. The Morgan fingerprint density at radius 2 is 1.92 bits per heavy atom. The van der Waals surface area contributed by atoms with Gasteiger partial charge in [-0.3, -0.25) is 0 Å². The van der Waals surface area contributed by atoms with Crippen LogP contribution in [0.15, 0.2) is 42.5 Å². The molecule has 24 heavy (non-hydrogen) atoms. The molecule has 0 spiro atoms. The number of hydrogen-bond donors (Lipinski definition) is 1. The minimum Gasteiger partial charge on any atom is -0.486 e. The molecule has 0 saturated carbocycles. The van der Waals surface area contributed by atoms with Crippen molar-refractivity contribution in [2.75, 3.05) is 25.5 Å². The summed E-state index contributed by atoms with van der Waals surface area (Å²) in [5.74, 6) is 1.59. The van der Waals surface area contributed by atoms with Gasteiger partial charge in [-0.2, -0.15) is 0 Å². The largest absolute Gasteiger partial charge is 0.486 e. The highest BCUT2D eigenvalue weighted by Gasteiger charge is 2.22. The SMILES string of the molecule is Cc1ccc(NC(=S)N(C)C[C@@H]2COc3ccccc3O2)cc1C. The second-order valence-corrected chi connectivity index (χ2v) is 6.49. The Labute approximate surface area is 148 Å². The van der Waals surface area contributed by atoms with Crippen molar-refractivity contribution >= 4 is 23.0 Å². The number of likely N-dealkylation sites (N-methyl/N-ethyl adjacent to an activating group) is 1. The first-order valence-electron chi connectivity index (χ1n) is 8.01. The first kappa shape index (κ1) is 16.6. The number of nitrogens with zero attached hydrogens (tertiary/aromatic N) is 1. The van der Waals surface area contributed by atoms with Crippen molar-refractivity contribution < 1.29 is 9.47 Å². The van der Waals surface area contributed by atoms with Gasteiger partial charge < -0.3 is 19.7 Å². The van der Waals surface area contributed by atoms with E-state index in [2.05, 4.69) is 31.3 Å². The van der Waals surface area contributed by atoms with Gasteiger partial charge in [-0.15, -0.1) is 0 Å². The molecule has 1 heterocycles. The van der Waals surface area contributed by atoms with Crippen molar-refractivity contribution in [3.8, 4) is 11.5 Å². The van der Waals surface area contributed by atoms with Crippen molar-refractivity contribution in [2.45, 2.75) is 20.0 Å².